The molecule has 1 unspecified atom stereocenters. The number of aromatic nitrogens is 2. The predicted molar refractivity (Wildman–Crippen MR) is 97.6 cm³/mol. The van der Waals surface area contributed by atoms with E-state index < -0.39 is 0 Å². The van der Waals surface area contributed by atoms with Crippen molar-refractivity contribution < 1.29 is 4.79 Å². The molecule has 2 aliphatic heterocycles. The molecule has 4 rings (SSSR count). The average molecular weight is 342 g/mol. The van der Waals surface area contributed by atoms with Crippen LogP contribution in [0.5, 0.6) is 0 Å². The number of rotatable bonds is 4. The third-order valence-electron chi connectivity index (χ3n) is 5.71. The van der Waals surface area contributed by atoms with Gasteiger partial charge in [-0.2, -0.15) is 0 Å². The first kappa shape index (κ1) is 16.4. The number of fused-ring (bicyclic) bond motifs is 1. The summed E-state index contributed by atoms with van der Waals surface area (Å²) in [6.07, 6.45) is 4.68. The normalized spacial score (nSPS) is 21.5. The molecule has 1 aromatic heterocycles. The predicted octanol–water partition coefficient (Wildman–Crippen LogP) is 1.43. The molecule has 0 saturated carbocycles. The first-order valence-electron chi connectivity index (χ1n) is 9.31. The maximum atomic E-state index is 12.9. The van der Waals surface area contributed by atoms with Gasteiger partial charge in [0.2, 0.25) is 5.91 Å². The molecule has 6 heteroatoms. The standard InChI is InChI=1S/C19H26N4O2/c1-20-16-8-2-3-9-17(16)23(19(20)25)14-18(24)22-12-6-7-15(22)13-21-10-4-5-11-21/h2-3,8-9,15H,4-7,10-14H2,1H3. The summed E-state index contributed by atoms with van der Waals surface area (Å²) in [7, 11) is 1.76. The minimum absolute atomic E-state index is 0.0696. The third kappa shape index (κ3) is 2.99. The van der Waals surface area contributed by atoms with Gasteiger partial charge >= 0.3 is 5.69 Å². The first-order chi connectivity index (χ1) is 12.1. The van der Waals surface area contributed by atoms with Gasteiger partial charge in [0, 0.05) is 26.2 Å². The Balaban J connectivity index is 1.53. The molecule has 25 heavy (non-hydrogen) atoms. The number of hydrogen-bond donors (Lipinski definition) is 0. The second-order valence-electron chi connectivity index (χ2n) is 7.31. The number of likely N-dealkylation sites (tertiary alicyclic amines) is 2. The fourth-order valence-corrected chi connectivity index (χ4v) is 4.36. The van der Waals surface area contributed by atoms with Crippen LogP contribution >= 0.6 is 0 Å². The molecule has 0 spiro atoms. The summed E-state index contributed by atoms with van der Waals surface area (Å²) < 4.78 is 3.23. The highest BCUT2D eigenvalue weighted by atomic mass is 16.2. The molecule has 6 nitrogen and oxygen atoms in total. The lowest BCUT2D eigenvalue weighted by molar-refractivity contribution is -0.132. The van der Waals surface area contributed by atoms with Gasteiger partial charge in [-0.15, -0.1) is 0 Å². The molecule has 0 radical (unpaired) electrons. The summed E-state index contributed by atoms with van der Waals surface area (Å²) in [6.45, 7) is 4.24. The minimum Gasteiger partial charge on any atom is -0.337 e. The van der Waals surface area contributed by atoms with E-state index in [9.17, 15) is 9.59 Å². The van der Waals surface area contributed by atoms with Gasteiger partial charge in [-0.3, -0.25) is 13.9 Å². The minimum atomic E-state index is -0.121. The summed E-state index contributed by atoms with van der Waals surface area (Å²) in [4.78, 5) is 30.0. The van der Waals surface area contributed by atoms with Crippen LogP contribution < -0.4 is 5.69 Å². The number of carbonyl (C=O) groups excluding carboxylic acids is 1. The van der Waals surface area contributed by atoms with E-state index in [1.54, 1.807) is 16.2 Å². The molecule has 2 saturated heterocycles. The molecule has 2 aliphatic rings. The highest BCUT2D eigenvalue weighted by Gasteiger charge is 2.31. The molecule has 1 aromatic carbocycles. The van der Waals surface area contributed by atoms with E-state index in [-0.39, 0.29) is 18.1 Å². The van der Waals surface area contributed by atoms with Crippen LogP contribution in [0.2, 0.25) is 0 Å². The van der Waals surface area contributed by atoms with E-state index in [1.165, 1.54) is 12.8 Å². The van der Waals surface area contributed by atoms with Gasteiger partial charge in [0.25, 0.3) is 0 Å². The van der Waals surface area contributed by atoms with Crippen molar-refractivity contribution in [2.45, 2.75) is 38.3 Å². The summed E-state index contributed by atoms with van der Waals surface area (Å²) in [5.74, 6) is 0.0696. The van der Waals surface area contributed by atoms with Crippen LogP contribution in [0.1, 0.15) is 25.7 Å². The van der Waals surface area contributed by atoms with E-state index in [0.29, 0.717) is 6.04 Å². The summed E-state index contributed by atoms with van der Waals surface area (Å²) in [6, 6.07) is 7.96. The van der Waals surface area contributed by atoms with Gasteiger partial charge in [-0.05, 0) is 50.9 Å². The summed E-state index contributed by atoms with van der Waals surface area (Å²) in [5.41, 5.74) is 1.58. The van der Waals surface area contributed by atoms with E-state index in [4.69, 9.17) is 0 Å². The zero-order valence-electron chi connectivity index (χ0n) is 14.9. The molecule has 134 valence electrons. The average Bonchev–Trinajstić information content (AvgIpc) is 3.34. The van der Waals surface area contributed by atoms with Crippen LogP contribution in [0.15, 0.2) is 29.1 Å². The monoisotopic (exact) mass is 342 g/mol. The van der Waals surface area contributed by atoms with Gasteiger partial charge in [-0.25, -0.2) is 4.79 Å². The Morgan fingerprint density at radius 3 is 2.56 bits per heavy atom. The SMILES string of the molecule is Cn1c(=O)n(CC(=O)N2CCCC2CN2CCCC2)c2ccccc21. The highest BCUT2D eigenvalue weighted by molar-refractivity contribution is 5.81. The Bertz CT molecular complexity index is 832. The van der Waals surface area contributed by atoms with Gasteiger partial charge in [0.05, 0.1) is 11.0 Å². The largest absolute Gasteiger partial charge is 0.337 e. The second kappa shape index (κ2) is 6.67. The molecule has 0 aliphatic carbocycles. The van der Waals surface area contributed by atoms with E-state index >= 15 is 0 Å². The number of benzene rings is 1. The number of hydrogen-bond acceptors (Lipinski definition) is 3. The maximum absolute atomic E-state index is 12.9. The molecule has 0 N–H and O–H groups in total. The van der Waals surface area contributed by atoms with Crippen molar-refractivity contribution in [1.29, 1.82) is 0 Å². The fourth-order valence-electron chi connectivity index (χ4n) is 4.36. The molecule has 2 fully saturated rings. The number of imidazole rings is 1. The zero-order valence-corrected chi connectivity index (χ0v) is 14.9. The molecule has 2 aromatic rings. The summed E-state index contributed by atoms with van der Waals surface area (Å²) in [5, 5.41) is 0. The van der Waals surface area contributed by atoms with Gasteiger partial charge in [0.15, 0.2) is 0 Å². The highest BCUT2D eigenvalue weighted by Crippen LogP contribution is 2.21. The quantitative estimate of drug-likeness (QED) is 0.845. The van der Waals surface area contributed by atoms with E-state index in [0.717, 1.165) is 50.1 Å². The van der Waals surface area contributed by atoms with Crippen molar-refractivity contribution in [1.82, 2.24) is 18.9 Å². The molecule has 3 heterocycles. The molecular weight excluding hydrogens is 316 g/mol. The Labute approximate surface area is 147 Å². The Kier molecular flexibility index (Phi) is 4.37. The summed E-state index contributed by atoms with van der Waals surface area (Å²) >= 11 is 0. The van der Waals surface area contributed by atoms with Crippen LogP contribution in [-0.2, 0) is 18.4 Å². The maximum Gasteiger partial charge on any atom is 0.329 e. The lowest BCUT2D eigenvalue weighted by atomic mass is 10.2. The van der Waals surface area contributed by atoms with Crippen LogP contribution in [0.3, 0.4) is 0 Å². The van der Waals surface area contributed by atoms with Crippen LogP contribution in [-0.4, -0.2) is 57.1 Å². The van der Waals surface area contributed by atoms with E-state index in [2.05, 4.69) is 4.90 Å². The van der Waals surface area contributed by atoms with E-state index in [1.807, 2.05) is 29.2 Å². The van der Waals surface area contributed by atoms with Crippen molar-refractivity contribution >= 4 is 16.9 Å². The topological polar surface area (TPSA) is 50.5 Å². The number of aryl methyl sites for hydroxylation is 1. The lowest BCUT2D eigenvalue weighted by Crippen LogP contribution is -2.44. The first-order valence-corrected chi connectivity index (χ1v) is 9.31. The number of carbonyl (C=O) groups is 1. The van der Waals surface area contributed by atoms with Gasteiger partial charge < -0.3 is 9.80 Å². The number of nitrogens with zero attached hydrogens (tertiary/aromatic N) is 4. The Hall–Kier alpha value is -2.08. The van der Waals surface area contributed by atoms with Crippen LogP contribution in [0.4, 0.5) is 0 Å². The zero-order chi connectivity index (χ0) is 17.4. The van der Waals surface area contributed by atoms with Gasteiger partial charge in [-0.1, -0.05) is 12.1 Å². The number of para-hydroxylation sites is 2. The van der Waals surface area contributed by atoms with Crippen LogP contribution in [0, 0.1) is 0 Å². The molecular formula is C19H26N4O2. The molecule has 0 bridgehead atoms. The molecule has 1 amide bonds. The third-order valence-corrected chi connectivity index (χ3v) is 5.71. The van der Waals surface area contributed by atoms with Gasteiger partial charge in [0.1, 0.15) is 6.54 Å². The van der Waals surface area contributed by atoms with Crippen molar-refractivity contribution in [2.24, 2.45) is 7.05 Å². The van der Waals surface area contributed by atoms with Crippen molar-refractivity contribution in [2.75, 3.05) is 26.2 Å². The Morgan fingerprint density at radius 1 is 1.08 bits per heavy atom. The van der Waals surface area contributed by atoms with Crippen LogP contribution in [0.25, 0.3) is 11.0 Å². The van der Waals surface area contributed by atoms with Crippen molar-refractivity contribution in [3.63, 3.8) is 0 Å². The Morgan fingerprint density at radius 2 is 1.80 bits per heavy atom. The smallest absolute Gasteiger partial charge is 0.329 e. The van der Waals surface area contributed by atoms with Crippen molar-refractivity contribution in [3.05, 3.63) is 34.7 Å². The fraction of sp³-hybridized carbons (Fsp3) is 0.579. The number of amides is 1. The lowest BCUT2D eigenvalue weighted by Gasteiger charge is -2.28. The van der Waals surface area contributed by atoms with Crippen molar-refractivity contribution in [3.8, 4) is 0 Å². The second-order valence-corrected chi connectivity index (χ2v) is 7.31. The molecule has 1 atom stereocenters.